The molecule has 3 amide bonds. The van der Waals surface area contributed by atoms with Gasteiger partial charge in [-0.3, -0.25) is 14.4 Å². The van der Waals surface area contributed by atoms with E-state index in [-0.39, 0.29) is 12.3 Å². The zero-order valence-electron chi connectivity index (χ0n) is 29.7. The summed E-state index contributed by atoms with van der Waals surface area (Å²) < 4.78 is 0. The molecule has 0 heterocycles. The molecule has 0 aromatic heterocycles. The predicted octanol–water partition coefficient (Wildman–Crippen LogP) is 3.77. The van der Waals surface area contributed by atoms with Crippen molar-refractivity contribution in [1.82, 2.24) is 20.4 Å². The summed E-state index contributed by atoms with van der Waals surface area (Å²) in [7, 11) is 3.73. The highest BCUT2D eigenvalue weighted by atomic mass is 16.3. The molecule has 0 saturated heterocycles. The Bertz CT molecular complexity index is 1190. The maximum absolute atomic E-state index is 14.0. The van der Waals surface area contributed by atoms with Crippen LogP contribution >= 0.6 is 0 Å². The minimum atomic E-state index is -1.21. The number of nitrogens with zero attached hydrogens (tertiary/aromatic N) is 2. The van der Waals surface area contributed by atoms with Crippen molar-refractivity contribution in [3.8, 4) is 24.7 Å². The Morgan fingerprint density at radius 2 is 1.67 bits per heavy atom. The number of aliphatic hydroxyl groups is 2. The molecule has 6 atom stereocenters. The van der Waals surface area contributed by atoms with Crippen LogP contribution < -0.4 is 10.6 Å². The Kier molecular flexibility index (Phi) is 19.0. The lowest BCUT2D eigenvalue weighted by atomic mass is 9.82. The normalized spacial score (nSPS) is 17.2. The molecule has 1 aromatic rings. The van der Waals surface area contributed by atoms with Crippen molar-refractivity contribution >= 4 is 17.7 Å². The molecular weight excluding hydrogens is 604 g/mol. The van der Waals surface area contributed by atoms with Gasteiger partial charge in [-0.05, 0) is 57.2 Å². The average molecular weight is 665 g/mol. The van der Waals surface area contributed by atoms with Gasteiger partial charge in [0.25, 0.3) is 0 Å². The number of hydrogen-bond donors (Lipinski definition) is 4. The number of aliphatic hydroxyl groups excluding tert-OH is 2. The fourth-order valence-corrected chi connectivity index (χ4v) is 6.39. The summed E-state index contributed by atoms with van der Waals surface area (Å²) in [6.45, 7) is 6.01. The molecule has 4 N–H and O–H groups in total. The summed E-state index contributed by atoms with van der Waals surface area (Å²) >= 11 is 0. The van der Waals surface area contributed by atoms with E-state index in [1.165, 1.54) is 0 Å². The first-order chi connectivity index (χ1) is 23.0. The van der Waals surface area contributed by atoms with E-state index in [9.17, 15) is 24.6 Å². The minimum Gasteiger partial charge on any atom is -0.390 e. The van der Waals surface area contributed by atoms with Gasteiger partial charge in [-0.25, -0.2) is 0 Å². The number of likely N-dealkylation sites (N-methyl/N-ethyl adjacent to an activating group) is 2. The van der Waals surface area contributed by atoms with Crippen LogP contribution in [0.4, 0.5) is 0 Å². The number of carbonyl (C=O) groups excluding carboxylic acids is 3. The van der Waals surface area contributed by atoms with Crippen molar-refractivity contribution in [1.29, 1.82) is 0 Å². The fourth-order valence-electron chi connectivity index (χ4n) is 6.39. The molecule has 9 heteroatoms. The fraction of sp³-hybridized carbons (Fsp3) is 0.667. The summed E-state index contributed by atoms with van der Waals surface area (Å²) in [5.74, 6) is 3.07. The predicted molar refractivity (Wildman–Crippen MR) is 191 cm³/mol. The van der Waals surface area contributed by atoms with Gasteiger partial charge in [0.05, 0.1) is 24.2 Å². The van der Waals surface area contributed by atoms with Crippen LogP contribution in [0, 0.1) is 42.4 Å². The van der Waals surface area contributed by atoms with Gasteiger partial charge in [0.15, 0.2) is 0 Å². The Morgan fingerprint density at radius 3 is 2.27 bits per heavy atom. The quantitative estimate of drug-likeness (QED) is 0.117. The number of rotatable bonds is 21. The lowest BCUT2D eigenvalue weighted by molar-refractivity contribution is -0.137. The van der Waals surface area contributed by atoms with Crippen molar-refractivity contribution < 1.29 is 24.6 Å². The van der Waals surface area contributed by atoms with Gasteiger partial charge < -0.3 is 30.6 Å². The minimum absolute atomic E-state index is 0.0267. The van der Waals surface area contributed by atoms with E-state index in [1.54, 1.807) is 11.9 Å². The highest BCUT2D eigenvalue weighted by Crippen LogP contribution is 2.29. The van der Waals surface area contributed by atoms with Crippen LogP contribution in [-0.4, -0.2) is 95.8 Å². The number of terminal acetylenes is 2. The second kappa shape index (κ2) is 22.3. The van der Waals surface area contributed by atoms with Gasteiger partial charge in [0.2, 0.25) is 17.7 Å². The van der Waals surface area contributed by atoms with E-state index in [1.807, 2.05) is 44.3 Å². The van der Waals surface area contributed by atoms with E-state index < -0.39 is 47.9 Å². The van der Waals surface area contributed by atoms with Crippen LogP contribution in [0.1, 0.15) is 90.0 Å². The number of hydrogen-bond acceptors (Lipinski definition) is 6. The smallest absolute Gasteiger partial charge is 0.244 e. The molecule has 1 fully saturated rings. The van der Waals surface area contributed by atoms with Gasteiger partial charge in [-0.1, -0.05) is 76.3 Å². The molecule has 1 aromatic carbocycles. The van der Waals surface area contributed by atoms with Crippen molar-refractivity contribution in [2.45, 2.75) is 115 Å². The topological polar surface area (TPSA) is 122 Å². The second-order valence-corrected chi connectivity index (χ2v) is 13.5. The van der Waals surface area contributed by atoms with E-state index in [0.29, 0.717) is 57.5 Å². The summed E-state index contributed by atoms with van der Waals surface area (Å²) in [5.41, 5.74) is 0.901. The number of carbonyl (C=O) groups is 3. The molecule has 9 nitrogen and oxygen atoms in total. The van der Waals surface area contributed by atoms with Crippen molar-refractivity contribution in [3.05, 3.63) is 35.9 Å². The lowest BCUT2D eigenvalue weighted by Crippen LogP contribution is -2.57. The Hall–Kier alpha value is -3.37. The Morgan fingerprint density at radius 1 is 0.979 bits per heavy atom. The van der Waals surface area contributed by atoms with Crippen LogP contribution in [0.5, 0.6) is 0 Å². The van der Waals surface area contributed by atoms with E-state index >= 15 is 0 Å². The molecular formula is C39H60N4O5. The largest absolute Gasteiger partial charge is 0.390 e. The SMILES string of the molecule is C#CCCCC(O)[C@H](O)C(CC1CCCCC1)NC(=O)[C@@H](NC(=O)C(CC(=O)N(C)CCN(C)CC)Cc1ccccc1)C(C#C)CC. The Balaban J connectivity index is 2.30. The van der Waals surface area contributed by atoms with Crippen LogP contribution in [-0.2, 0) is 20.8 Å². The monoisotopic (exact) mass is 664 g/mol. The lowest BCUT2D eigenvalue weighted by Gasteiger charge is -2.34. The third kappa shape index (κ3) is 14.0. The molecule has 1 aliphatic rings. The molecule has 2 rings (SSSR count). The number of unbranched alkanes of at least 4 members (excludes halogenated alkanes) is 1. The molecule has 0 bridgehead atoms. The van der Waals surface area contributed by atoms with Crippen LogP contribution in [0.3, 0.4) is 0 Å². The molecule has 4 unspecified atom stereocenters. The second-order valence-electron chi connectivity index (χ2n) is 13.5. The summed E-state index contributed by atoms with van der Waals surface area (Å²) in [5, 5.41) is 28.1. The molecule has 0 radical (unpaired) electrons. The third-order valence-electron chi connectivity index (χ3n) is 9.80. The standard InChI is InChI=1S/C39H60N4O5/c1-7-11-14-23-34(44)37(46)33(27-30-21-17-13-18-22-30)40-39(48)36(31(8-2)9-3)41-38(47)32(26-29-19-15-12-16-20-29)28-35(45)43(6)25-24-42(5)10-4/h1-2,12,15-16,19-20,30-34,36-37,44,46H,9-11,13-14,17-18,21-28H2,3-6H3,(H,40,48)(H,41,47)/t31?,32?,33?,34?,36-,37+/m0/s1. The maximum Gasteiger partial charge on any atom is 0.244 e. The number of nitrogens with one attached hydrogen (secondary N) is 2. The molecule has 0 spiro atoms. The van der Waals surface area contributed by atoms with Crippen molar-refractivity contribution in [2.75, 3.05) is 33.7 Å². The van der Waals surface area contributed by atoms with Crippen LogP contribution in [0.15, 0.2) is 30.3 Å². The van der Waals surface area contributed by atoms with Crippen LogP contribution in [0.25, 0.3) is 0 Å². The highest BCUT2D eigenvalue weighted by molar-refractivity contribution is 5.91. The molecule has 266 valence electrons. The maximum atomic E-state index is 14.0. The highest BCUT2D eigenvalue weighted by Gasteiger charge is 2.36. The third-order valence-corrected chi connectivity index (χ3v) is 9.80. The average Bonchev–Trinajstić information content (AvgIpc) is 3.10. The Labute approximate surface area is 289 Å². The molecule has 0 aliphatic heterocycles. The van der Waals surface area contributed by atoms with E-state index in [4.69, 9.17) is 12.8 Å². The van der Waals surface area contributed by atoms with Gasteiger partial charge in [-0.15, -0.1) is 24.7 Å². The first-order valence-electron chi connectivity index (χ1n) is 17.9. The van der Waals surface area contributed by atoms with Crippen LogP contribution in [0.2, 0.25) is 0 Å². The first-order valence-corrected chi connectivity index (χ1v) is 17.9. The number of amides is 3. The van der Waals surface area contributed by atoms with Gasteiger partial charge >= 0.3 is 0 Å². The van der Waals surface area contributed by atoms with E-state index in [2.05, 4.69) is 34.3 Å². The van der Waals surface area contributed by atoms with E-state index in [0.717, 1.165) is 44.2 Å². The van der Waals surface area contributed by atoms with Crippen molar-refractivity contribution in [3.63, 3.8) is 0 Å². The zero-order valence-corrected chi connectivity index (χ0v) is 29.7. The molecule has 48 heavy (non-hydrogen) atoms. The summed E-state index contributed by atoms with van der Waals surface area (Å²) in [6, 6.07) is 7.68. The van der Waals surface area contributed by atoms with Crippen molar-refractivity contribution in [2.24, 2.45) is 17.8 Å². The van der Waals surface area contributed by atoms with Gasteiger partial charge in [0, 0.05) is 38.9 Å². The van der Waals surface area contributed by atoms with Gasteiger partial charge in [0.1, 0.15) is 6.04 Å². The summed E-state index contributed by atoms with van der Waals surface area (Å²) in [6.07, 6.45) is 16.9. The zero-order chi connectivity index (χ0) is 35.5. The molecule has 1 aliphatic carbocycles. The molecule has 1 saturated carbocycles. The van der Waals surface area contributed by atoms with Gasteiger partial charge in [-0.2, -0.15) is 0 Å². The first kappa shape index (κ1) is 40.8. The summed E-state index contributed by atoms with van der Waals surface area (Å²) in [4.78, 5) is 45.2. The number of benzene rings is 1.